The summed E-state index contributed by atoms with van der Waals surface area (Å²) in [6.45, 7) is 1.13. The van der Waals surface area contributed by atoms with Gasteiger partial charge in [-0.1, -0.05) is 0 Å². The Bertz CT molecular complexity index is 1060. The van der Waals surface area contributed by atoms with E-state index in [2.05, 4.69) is 0 Å². The number of furan rings is 1. The molecular weight excluding hydrogens is 389 g/mol. The van der Waals surface area contributed by atoms with Gasteiger partial charge in [-0.3, -0.25) is 4.79 Å². The molecule has 0 N–H and O–H groups in total. The molecule has 28 heavy (non-hydrogen) atoms. The molecule has 1 saturated heterocycles. The highest BCUT2D eigenvalue weighted by atomic mass is 32.2. The van der Waals surface area contributed by atoms with Crippen LogP contribution in [0.5, 0.6) is 0 Å². The minimum Gasteiger partial charge on any atom is -0.450 e. The van der Waals surface area contributed by atoms with Crippen molar-refractivity contribution in [2.75, 3.05) is 18.1 Å². The number of nitrogens with zero attached hydrogens (tertiary/aromatic N) is 1. The monoisotopic (exact) mass is 409 g/mol. The van der Waals surface area contributed by atoms with Gasteiger partial charge in [0.2, 0.25) is 5.76 Å². The second-order valence-electron chi connectivity index (χ2n) is 7.36. The largest absolute Gasteiger partial charge is 0.450 e. The Balaban J connectivity index is 1.45. The topological polar surface area (TPSA) is 93.9 Å². The summed E-state index contributed by atoms with van der Waals surface area (Å²) in [6.07, 6.45) is 2.06. The molecule has 0 spiro atoms. The van der Waals surface area contributed by atoms with Crippen molar-refractivity contribution in [1.82, 2.24) is 4.90 Å². The molecule has 1 aromatic carbocycles. The Kier molecular flexibility index (Phi) is 4.65. The zero-order chi connectivity index (χ0) is 20.1. The standard InChI is InChI=1S/C19H20FNO6S/c1-11-15-8-12(20)2-5-16(15)27-18(11)19(23)26-9-17(22)21(13-3-4-13)14-6-7-28(24,25)10-14/h2,5,8,13-14H,3-4,6-7,9-10H2,1H3/t14-/m0/s1. The third-order valence-electron chi connectivity index (χ3n) is 5.24. The molecule has 0 bridgehead atoms. The quantitative estimate of drug-likeness (QED) is 0.703. The summed E-state index contributed by atoms with van der Waals surface area (Å²) >= 11 is 0. The van der Waals surface area contributed by atoms with Crippen LogP contribution in [0.1, 0.15) is 35.4 Å². The highest BCUT2D eigenvalue weighted by Crippen LogP contribution is 2.32. The van der Waals surface area contributed by atoms with E-state index in [9.17, 15) is 22.4 Å². The van der Waals surface area contributed by atoms with E-state index in [1.54, 1.807) is 11.8 Å². The van der Waals surface area contributed by atoms with Crippen LogP contribution in [0, 0.1) is 12.7 Å². The summed E-state index contributed by atoms with van der Waals surface area (Å²) in [7, 11) is -3.13. The predicted molar refractivity (Wildman–Crippen MR) is 98.1 cm³/mol. The van der Waals surface area contributed by atoms with Crippen molar-refractivity contribution in [1.29, 1.82) is 0 Å². The number of amides is 1. The molecule has 0 radical (unpaired) electrons. The first-order valence-corrected chi connectivity index (χ1v) is 10.9. The van der Waals surface area contributed by atoms with E-state index in [0.717, 1.165) is 12.8 Å². The number of rotatable bonds is 5. The summed E-state index contributed by atoms with van der Waals surface area (Å²) in [5.74, 6) is -1.71. The average molecular weight is 409 g/mol. The molecule has 1 aliphatic heterocycles. The smallest absolute Gasteiger partial charge is 0.375 e. The number of fused-ring (bicyclic) bond motifs is 1. The molecule has 150 valence electrons. The Labute approximate surface area is 161 Å². The number of hydrogen-bond donors (Lipinski definition) is 0. The van der Waals surface area contributed by atoms with Crippen LogP contribution in [-0.2, 0) is 19.4 Å². The zero-order valence-electron chi connectivity index (χ0n) is 15.3. The van der Waals surface area contributed by atoms with Crippen molar-refractivity contribution in [3.8, 4) is 0 Å². The summed E-state index contributed by atoms with van der Waals surface area (Å²) in [5, 5.41) is 0.467. The van der Waals surface area contributed by atoms with E-state index in [4.69, 9.17) is 9.15 Å². The summed E-state index contributed by atoms with van der Waals surface area (Å²) in [6, 6.07) is 3.58. The summed E-state index contributed by atoms with van der Waals surface area (Å²) in [4.78, 5) is 26.6. The van der Waals surface area contributed by atoms with Gasteiger partial charge in [-0.15, -0.1) is 0 Å². The molecule has 1 aromatic heterocycles. The highest BCUT2D eigenvalue weighted by molar-refractivity contribution is 7.91. The molecule has 2 heterocycles. The first kappa shape index (κ1) is 18.9. The molecule has 1 aliphatic carbocycles. The van der Waals surface area contributed by atoms with E-state index in [1.165, 1.54) is 18.2 Å². The van der Waals surface area contributed by atoms with Crippen molar-refractivity contribution in [3.63, 3.8) is 0 Å². The lowest BCUT2D eigenvalue weighted by Gasteiger charge is -2.28. The van der Waals surface area contributed by atoms with Gasteiger partial charge in [0, 0.05) is 23.0 Å². The van der Waals surface area contributed by atoms with Crippen LogP contribution in [-0.4, -0.2) is 55.4 Å². The number of carbonyl (C=O) groups is 2. The van der Waals surface area contributed by atoms with Gasteiger partial charge < -0.3 is 14.1 Å². The number of hydrogen-bond acceptors (Lipinski definition) is 6. The van der Waals surface area contributed by atoms with Crippen LogP contribution in [0.3, 0.4) is 0 Å². The van der Waals surface area contributed by atoms with Crippen LogP contribution < -0.4 is 0 Å². The molecule has 2 fully saturated rings. The third-order valence-corrected chi connectivity index (χ3v) is 6.99. The average Bonchev–Trinajstić information content (AvgIpc) is 3.33. The molecule has 1 atom stereocenters. The van der Waals surface area contributed by atoms with Gasteiger partial charge in [-0.05, 0) is 44.4 Å². The van der Waals surface area contributed by atoms with Crippen molar-refractivity contribution in [2.45, 2.75) is 38.3 Å². The number of aryl methyl sites for hydroxylation is 1. The van der Waals surface area contributed by atoms with Crippen LogP contribution in [0.25, 0.3) is 11.0 Å². The van der Waals surface area contributed by atoms with Gasteiger partial charge in [-0.2, -0.15) is 0 Å². The van der Waals surface area contributed by atoms with E-state index in [-0.39, 0.29) is 29.3 Å². The molecule has 9 heteroatoms. The molecule has 1 saturated carbocycles. The van der Waals surface area contributed by atoms with Crippen molar-refractivity contribution in [3.05, 3.63) is 35.3 Å². The van der Waals surface area contributed by atoms with E-state index < -0.39 is 34.1 Å². The molecular formula is C19H20FNO6S. The lowest BCUT2D eigenvalue weighted by molar-refractivity contribution is -0.137. The van der Waals surface area contributed by atoms with Crippen LogP contribution in [0.4, 0.5) is 4.39 Å². The van der Waals surface area contributed by atoms with Gasteiger partial charge >= 0.3 is 5.97 Å². The summed E-state index contributed by atoms with van der Waals surface area (Å²) < 4.78 is 47.5. The van der Waals surface area contributed by atoms with E-state index >= 15 is 0 Å². The fourth-order valence-corrected chi connectivity index (χ4v) is 5.42. The highest BCUT2D eigenvalue weighted by Gasteiger charge is 2.42. The molecule has 0 unspecified atom stereocenters. The lowest BCUT2D eigenvalue weighted by atomic mass is 10.1. The fourth-order valence-electron chi connectivity index (χ4n) is 3.71. The molecule has 4 rings (SSSR count). The van der Waals surface area contributed by atoms with Gasteiger partial charge in [0.25, 0.3) is 5.91 Å². The first-order chi connectivity index (χ1) is 13.2. The number of halogens is 1. The molecule has 2 aromatic rings. The number of carbonyl (C=O) groups excluding carboxylic acids is 2. The second kappa shape index (κ2) is 6.88. The molecule has 7 nitrogen and oxygen atoms in total. The van der Waals surface area contributed by atoms with Gasteiger partial charge in [0.05, 0.1) is 11.5 Å². The predicted octanol–water partition coefficient (Wildman–Crippen LogP) is 2.22. The minimum atomic E-state index is -3.13. The van der Waals surface area contributed by atoms with Crippen molar-refractivity contribution >= 4 is 32.7 Å². The third kappa shape index (κ3) is 3.63. The Hall–Kier alpha value is -2.42. The number of esters is 1. The van der Waals surface area contributed by atoms with Gasteiger partial charge in [-0.25, -0.2) is 17.6 Å². The lowest BCUT2D eigenvalue weighted by Crippen LogP contribution is -2.44. The second-order valence-corrected chi connectivity index (χ2v) is 9.59. The Morgan fingerprint density at radius 3 is 2.64 bits per heavy atom. The fraction of sp³-hybridized carbons (Fsp3) is 0.474. The number of ether oxygens (including phenoxy) is 1. The van der Waals surface area contributed by atoms with Crippen LogP contribution in [0.15, 0.2) is 22.6 Å². The normalized spacial score (nSPS) is 21.0. The van der Waals surface area contributed by atoms with Gasteiger partial charge in [0.15, 0.2) is 16.4 Å². The molecule has 2 aliphatic rings. The number of benzene rings is 1. The SMILES string of the molecule is Cc1c(C(=O)OCC(=O)N(C2CC2)[C@H]2CCS(=O)(=O)C2)oc2ccc(F)cc12. The molecule has 1 amide bonds. The van der Waals surface area contributed by atoms with E-state index in [1.807, 2.05) is 0 Å². The maximum absolute atomic E-state index is 13.4. The van der Waals surface area contributed by atoms with Crippen LogP contribution in [0.2, 0.25) is 0 Å². The summed E-state index contributed by atoms with van der Waals surface area (Å²) in [5.41, 5.74) is 0.792. The zero-order valence-corrected chi connectivity index (χ0v) is 16.1. The Morgan fingerprint density at radius 2 is 2.00 bits per heavy atom. The number of sulfone groups is 1. The van der Waals surface area contributed by atoms with E-state index in [0.29, 0.717) is 23.0 Å². The Morgan fingerprint density at radius 1 is 1.25 bits per heavy atom. The van der Waals surface area contributed by atoms with Gasteiger partial charge in [0.1, 0.15) is 11.4 Å². The van der Waals surface area contributed by atoms with Crippen molar-refractivity contribution in [2.24, 2.45) is 0 Å². The maximum atomic E-state index is 13.4. The van der Waals surface area contributed by atoms with Crippen LogP contribution >= 0.6 is 0 Å². The minimum absolute atomic E-state index is 0.0143. The first-order valence-electron chi connectivity index (χ1n) is 9.12. The van der Waals surface area contributed by atoms with Crippen molar-refractivity contribution < 1.29 is 31.6 Å². The maximum Gasteiger partial charge on any atom is 0.375 e.